The lowest BCUT2D eigenvalue weighted by Gasteiger charge is -2.40. The highest BCUT2D eigenvalue weighted by Crippen LogP contribution is 2.38. The molecule has 0 spiro atoms. The molecule has 7 heteroatoms. The van der Waals surface area contributed by atoms with Crippen LogP contribution in [0.15, 0.2) is 24.3 Å². The van der Waals surface area contributed by atoms with Crippen molar-refractivity contribution in [3.8, 4) is 5.75 Å². The number of piperidine rings is 1. The molecule has 1 aromatic rings. The molecule has 3 atom stereocenters. The number of benzene rings is 1. The van der Waals surface area contributed by atoms with E-state index in [-0.39, 0.29) is 17.9 Å². The molecule has 1 aliphatic heterocycles. The van der Waals surface area contributed by atoms with E-state index in [0.717, 1.165) is 31.2 Å². The number of likely N-dealkylation sites (tertiary alicyclic amines) is 1. The van der Waals surface area contributed by atoms with Gasteiger partial charge >= 0.3 is 5.97 Å². The number of ether oxygens (including phenoxy) is 2. The minimum absolute atomic E-state index is 0.0489. The van der Waals surface area contributed by atoms with E-state index in [1.807, 2.05) is 24.3 Å². The van der Waals surface area contributed by atoms with Gasteiger partial charge in [-0.3, -0.25) is 14.4 Å². The molecule has 0 unspecified atom stereocenters. The molecule has 30 heavy (non-hydrogen) atoms. The number of rotatable bonds is 9. The molecule has 0 aromatic heterocycles. The smallest absolute Gasteiger partial charge is 0.312 e. The van der Waals surface area contributed by atoms with Gasteiger partial charge in [-0.15, -0.1) is 0 Å². The van der Waals surface area contributed by atoms with Gasteiger partial charge in [-0.1, -0.05) is 25.5 Å². The highest BCUT2D eigenvalue weighted by molar-refractivity contribution is 5.86. The van der Waals surface area contributed by atoms with Gasteiger partial charge in [-0.2, -0.15) is 0 Å². The van der Waals surface area contributed by atoms with Crippen LogP contribution in [0.5, 0.6) is 5.75 Å². The molecule has 3 rings (SSSR count). The number of nitrogens with zero attached hydrogens (tertiary/aromatic N) is 1. The molecule has 1 aliphatic carbocycles. The van der Waals surface area contributed by atoms with Gasteiger partial charge in [-0.05, 0) is 50.3 Å². The zero-order valence-corrected chi connectivity index (χ0v) is 18.1. The first-order valence-corrected chi connectivity index (χ1v) is 10.9. The summed E-state index contributed by atoms with van der Waals surface area (Å²) in [4.78, 5) is 39.8. The Morgan fingerprint density at radius 1 is 1.20 bits per heavy atom. The minimum atomic E-state index is -0.851. The van der Waals surface area contributed by atoms with Gasteiger partial charge in [0.05, 0.1) is 19.1 Å². The molecule has 1 heterocycles. The lowest BCUT2D eigenvalue weighted by Crippen LogP contribution is -2.47. The zero-order valence-electron chi connectivity index (χ0n) is 18.1. The number of unbranched alkanes of at least 4 members (excludes halogenated alkanes) is 1. The van der Waals surface area contributed by atoms with Crippen molar-refractivity contribution in [1.82, 2.24) is 10.2 Å². The van der Waals surface area contributed by atoms with Crippen LogP contribution in [0.3, 0.4) is 0 Å². The van der Waals surface area contributed by atoms with E-state index in [1.165, 1.54) is 0 Å². The largest absolute Gasteiger partial charge is 0.497 e. The van der Waals surface area contributed by atoms with Gasteiger partial charge in [0.2, 0.25) is 5.91 Å². The van der Waals surface area contributed by atoms with Gasteiger partial charge in [0.15, 0.2) is 6.10 Å². The molecule has 2 aliphatic rings. The molecule has 1 saturated heterocycles. The standard InChI is InChI=1S/C23H32N2O5/c1-4-5-14-25-20(26)13-12-19(21(25)16-6-10-18(29-3)11-7-16)23(28)30-15(2)22(27)24-17-8-9-17/h6-7,10-11,15,17,19,21H,4-5,8-9,12-14H2,1-3H3,(H,24,27)/t15-,19+,21+/m0/s1. The van der Waals surface area contributed by atoms with Crippen LogP contribution < -0.4 is 10.1 Å². The maximum Gasteiger partial charge on any atom is 0.312 e. The third kappa shape index (κ3) is 5.32. The first-order chi connectivity index (χ1) is 14.4. The van der Waals surface area contributed by atoms with Gasteiger partial charge in [0.25, 0.3) is 5.91 Å². The summed E-state index contributed by atoms with van der Waals surface area (Å²) < 4.78 is 10.8. The molecular formula is C23H32N2O5. The van der Waals surface area contributed by atoms with E-state index in [2.05, 4.69) is 12.2 Å². The summed E-state index contributed by atoms with van der Waals surface area (Å²) in [6.07, 6.45) is 3.63. The quantitative estimate of drug-likeness (QED) is 0.626. The van der Waals surface area contributed by atoms with Crippen LogP contribution in [-0.4, -0.2) is 48.5 Å². The highest BCUT2D eigenvalue weighted by atomic mass is 16.5. The molecule has 0 bridgehead atoms. The first-order valence-electron chi connectivity index (χ1n) is 10.9. The third-order valence-corrected chi connectivity index (χ3v) is 5.80. The van der Waals surface area contributed by atoms with Gasteiger partial charge in [0.1, 0.15) is 5.75 Å². The van der Waals surface area contributed by atoms with Crippen molar-refractivity contribution in [1.29, 1.82) is 0 Å². The molecule has 2 fully saturated rings. The molecule has 7 nitrogen and oxygen atoms in total. The SMILES string of the molecule is CCCCN1C(=O)CC[C@@H](C(=O)O[C@@H](C)C(=O)NC2CC2)[C@H]1c1ccc(OC)cc1. The Labute approximate surface area is 178 Å². The molecule has 164 valence electrons. The monoisotopic (exact) mass is 416 g/mol. The normalized spacial score (nSPS) is 22.4. The average Bonchev–Trinajstić information content (AvgIpc) is 3.56. The van der Waals surface area contributed by atoms with Crippen LogP contribution >= 0.6 is 0 Å². The van der Waals surface area contributed by atoms with Crippen LogP contribution in [0.1, 0.15) is 64.0 Å². The Hall–Kier alpha value is -2.57. The summed E-state index contributed by atoms with van der Waals surface area (Å²) in [5, 5.41) is 2.87. The summed E-state index contributed by atoms with van der Waals surface area (Å²) in [6, 6.07) is 7.26. The summed E-state index contributed by atoms with van der Waals surface area (Å²) in [7, 11) is 1.60. The Morgan fingerprint density at radius 2 is 1.90 bits per heavy atom. The predicted molar refractivity (Wildman–Crippen MR) is 112 cm³/mol. The van der Waals surface area contributed by atoms with Crippen molar-refractivity contribution in [3.05, 3.63) is 29.8 Å². The van der Waals surface area contributed by atoms with Gasteiger partial charge in [-0.25, -0.2) is 0 Å². The van der Waals surface area contributed by atoms with Crippen molar-refractivity contribution in [3.63, 3.8) is 0 Å². The Balaban J connectivity index is 1.80. The number of nitrogens with one attached hydrogen (secondary N) is 1. The third-order valence-electron chi connectivity index (χ3n) is 5.80. The van der Waals surface area contributed by atoms with Crippen LogP contribution in [0.25, 0.3) is 0 Å². The first kappa shape index (κ1) is 22.1. The fraction of sp³-hybridized carbons (Fsp3) is 0.609. The van der Waals surface area contributed by atoms with E-state index >= 15 is 0 Å². The number of carbonyl (C=O) groups is 3. The lowest BCUT2D eigenvalue weighted by molar-refractivity contribution is -0.165. The maximum atomic E-state index is 13.1. The summed E-state index contributed by atoms with van der Waals surface area (Å²) in [5.41, 5.74) is 0.872. The number of hydrogen-bond donors (Lipinski definition) is 1. The van der Waals surface area contributed by atoms with E-state index in [0.29, 0.717) is 25.1 Å². The fourth-order valence-electron chi connectivity index (χ4n) is 3.87. The second-order valence-electron chi connectivity index (χ2n) is 8.17. The van der Waals surface area contributed by atoms with Crippen molar-refractivity contribution in [2.24, 2.45) is 5.92 Å². The summed E-state index contributed by atoms with van der Waals surface area (Å²) in [5.74, 6) is -0.438. The molecule has 1 aromatic carbocycles. The summed E-state index contributed by atoms with van der Waals surface area (Å²) in [6.45, 7) is 4.26. The van der Waals surface area contributed by atoms with E-state index in [4.69, 9.17) is 9.47 Å². The molecule has 0 radical (unpaired) electrons. The molecule has 2 amide bonds. The van der Waals surface area contributed by atoms with E-state index < -0.39 is 24.0 Å². The maximum absolute atomic E-state index is 13.1. The van der Waals surface area contributed by atoms with Gasteiger partial charge < -0.3 is 19.7 Å². The van der Waals surface area contributed by atoms with Crippen LogP contribution in [0.4, 0.5) is 0 Å². The van der Waals surface area contributed by atoms with Crippen molar-refractivity contribution in [2.45, 2.75) is 70.6 Å². The lowest BCUT2D eigenvalue weighted by atomic mass is 9.84. The van der Waals surface area contributed by atoms with Crippen molar-refractivity contribution < 1.29 is 23.9 Å². The van der Waals surface area contributed by atoms with E-state index in [9.17, 15) is 14.4 Å². The van der Waals surface area contributed by atoms with Crippen LogP contribution in [-0.2, 0) is 19.1 Å². The van der Waals surface area contributed by atoms with Crippen LogP contribution in [0.2, 0.25) is 0 Å². The minimum Gasteiger partial charge on any atom is -0.497 e. The number of esters is 1. The zero-order chi connectivity index (χ0) is 21.7. The highest BCUT2D eigenvalue weighted by Gasteiger charge is 2.42. The Morgan fingerprint density at radius 3 is 2.50 bits per heavy atom. The van der Waals surface area contributed by atoms with Crippen LogP contribution in [0, 0.1) is 5.92 Å². The number of methoxy groups -OCH3 is 1. The summed E-state index contributed by atoms with van der Waals surface area (Å²) >= 11 is 0. The second-order valence-corrected chi connectivity index (χ2v) is 8.17. The topological polar surface area (TPSA) is 84.9 Å². The Bertz CT molecular complexity index is 759. The molecular weight excluding hydrogens is 384 g/mol. The van der Waals surface area contributed by atoms with Crippen molar-refractivity contribution >= 4 is 17.8 Å². The fourth-order valence-corrected chi connectivity index (χ4v) is 3.87. The molecule has 1 saturated carbocycles. The Kier molecular flexibility index (Phi) is 7.34. The number of carbonyl (C=O) groups excluding carboxylic acids is 3. The van der Waals surface area contributed by atoms with Gasteiger partial charge in [0, 0.05) is 19.0 Å². The predicted octanol–water partition coefficient (Wildman–Crippen LogP) is 2.99. The molecule has 1 N–H and O–H groups in total. The number of hydrogen-bond acceptors (Lipinski definition) is 5. The van der Waals surface area contributed by atoms with Crippen molar-refractivity contribution in [2.75, 3.05) is 13.7 Å². The van der Waals surface area contributed by atoms with E-state index in [1.54, 1.807) is 18.9 Å². The average molecular weight is 417 g/mol. The number of amides is 2. The second kappa shape index (κ2) is 9.96.